The van der Waals surface area contributed by atoms with Gasteiger partial charge in [0.25, 0.3) is 0 Å². The van der Waals surface area contributed by atoms with Crippen LogP contribution in [0.15, 0.2) is 0 Å². The van der Waals surface area contributed by atoms with E-state index in [4.69, 9.17) is 0 Å². The Hall–Kier alpha value is -0.530. The summed E-state index contributed by atoms with van der Waals surface area (Å²) in [5.41, 5.74) is 0. The van der Waals surface area contributed by atoms with E-state index in [0.29, 0.717) is 12.5 Å². The number of carbonyl (C=O) groups excluding carboxylic acids is 1. The van der Waals surface area contributed by atoms with Crippen molar-refractivity contribution >= 4 is 5.91 Å². The van der Waals surface area contributed by atoms with Crippen LogP contribution >= 0.6 is 0 Å². The van der Waals surface area contributed by atoms with Crippen LogP contribution < -0.4 is 5.32 Å². The summed E-state index contributed by atoms with van der Waals surface area (Å²) < 4.78 is 0. The summed E-state index contributed by atoms with van der Waals surface area (Å²) in [6.45, 7) is 1.96. The maximum absolute atomic E-state index is 10.3. The quantitative estimate of drug-likeness (QED) is 0.428. The Bertz CT molecular complexity index is 90.1. The topological polar surface area (TPSA) is 31.2 Å². The highest BCUT2D eigenvalue weighted by molar-refractivity contribution is 5.77. The third-order valence-corrected chi connectivity index (χ3v) is 1.14. The molecule has 0 aliphatic carbocycles. The summed E-state index contributed by atoms with van der Waals surface area (Å²) >= 11 is 0. The van der Waals surface area contributed by atoms with Crippen molar-refractivity contribution in [3.05, 3.63) is 0 Å². The second kappa shape index (κ2) is 1.52. The van der Waals surface area contributed by atoms with E-state index in [1.807, 2.05) is 6.92 Å². The molecule has 0 aromatic heterocycles. The maximum atomic E-state index is 10.3. The van der Waals surface area contributed by atoms with Gasteiger partial charge in [-0.1, -0.05) is 0 Å². The van der Waals surface area contributed by atoms with E-state index < -0.39 is 0 Å². The Morgan fingerprint density at radius 3 is 2.71 bits per heavy atom. The third-order valence-electron chi connectivity index (χ3n) is 1.14. The molecule has 39 valence electrons. The standard InChI is InChI=1S/C5H8NO/c1-4-2-3-5(7)6-4/h4H,2-3H2,1H3/t4-/m1/s1. The average molecular weight is 98.1 g/mol. The van der Waals surface area contributed by atoms with Gasteiger partial charge < -0.3 is 0 Å². The number of carbonyl (C=O) groups is 1. The zero-order chi connectivity index (χ0) is 5.28. The molecule has 1 fully saturated rings. The van der Waals surface area contributed by atoms with Gasteiger partial charge >= 0.3 is 0 Å². The van der Waals surface area contributed by atoms with Gasteiger partial charge in [0.2, 0.25) is 5.91 Å². The SMILES string of the molecule is C[C@@H]1CCC(=O)[N]1. The highest BCUT2D eigenvalue weighted by Gasteiger charge is 2.17. The van der Waals surface area contributed by atoms with Crippen LogP contribution in [0, 0.1) is 0 Å². The van der Waals surface area contributed by atoms with E-state index in [1.54, 1.807) is 0 Å². The molecule has 1 atom stereocenters. The molecule has 1 amide bonds. The van der Waals surface area contributed by atoms with Crippen LogP contribution in [0.2, 0.25) is 0 Å². The molecule has 0 bridgehead atoms. The lowest BCUT2D eigenvalue weighted by Gasteiger charge is -1.91. The molecular formula is C5H8NO. The Morgan fingerprint density at radius 2 is 2.57 bits per heavy atom. The van der Waals surface area contributed by atoms with E-state index >= 15 is 0 Å². The molecule has 1 heterocycles. The van der Waals surface area contributed by atoms with Crippen molar-refractivity contribution in [1.29, 1.82) is 0 Å². The zero-order valence-electron chi connectivity index (χ0n) is 4.35. The van der Waals surface area contributed by atoms with E-state index in [9.17, 15) is 4.79 Å². The molecule has 2 heteroatoms. The second-order valence-electron chi connectivity index (χ2n) is 1.91. The van der Waals surface area contributed by atoms with E-state index in [1.165, 1.54) is 0 Å². The lowest BCUT2D eigenvalue weighted by atomic mass is 10.3. The van der Waals surface area contributed by atoms with Crippen LogP contribution in [0.1, 0.15) is 19.8 Å². The van der Waals surface area contributed by atoms with Gasteiger partial charge in [0, 0.05) is 6.42 Å². The number of hydrogen-bond donors (Lipinski definition) is 0. The summed E-state index contributed by atoms with van der Waals surface area (Å²) in [5, 5.41) is 3.75. The molecule has 1 aliphatic rings. The fraction of sp³-hybridized carbons (Fsp3) is 0.800. The van der Waals surface area contributed by atoms with Gasteiger partial charge in [-0.25, -0.2) is 5.32 Å². The van der Waals surface area contributed by atoms with Crippen molar-refractivity contribution in [2.45, 2.75) is 25.8 Å². The van der Waals surface area contributed by atoms with Crippen molar-refractivity contribution in [2.75, 3.05) is 0 Å². The van der Waals surface area contributed by atoms with Crippen LogP contribution in [-0.4, -0.2) is 11.9 Å². The minimum Gasteiger partial charge on any atom is -0.273 e. The fourth-order valence-corrected chi connectivity index (χ4v) is 0.707. The molecule has 1 rings (SSSR count). The monoisotopic (exact) mass is 98.1 g/mol. The first-order valence-corrected chi connectivity index (χ1v) is 2.53. The van der Waals surface area contributed by atoms with Crippen molar-refractivity contribution in [3.8, 4) is 0 Å². The maximum Gasteiger partial charge on any atom is 0.241 e. The number of hydrogen-bond acceptors (Lipinski definition) is 1. The summed E-state index contributed by atoms with van der Waals surface area (Å²) in [4.78, 5) is 10.3. The number of amides is 1. The van der Waals surface area contributed by atoms with Crippen LogP contribution in [0.25, 0.3) is 0 Å². The molecule has 7 heavy (non-hydrogen) atoms. The summed E-state index contributed by atoms with van der Waals surface area (Å²) in [6, 6.07) is 0.299. The molecule has 0 aromatic rings. The minimum absolute atomic E-state index is 0.0764. The van der Waals surface area contributed by atoms with Crippen molar-refractivity contribution < 1.29 is 4.79 Å². The normalized spacial score (nSPS) is 30.4. The Kier molecular flexibility index (Phi) is 1.01. The van der Waals surface area contributed by atoms with E-state index in [0.717, 1.165) is 6.42 Å². The highest BCUT2D eigenvalue weighted by Crippen LogP contribution is 2.05. The smallest absolute Gasteiger partial charge is 0.241 e. The Balaban J connectivity index is 2.40. The summed E-state index contributed by atoms with van der Waals surface area (Å²) in [6.07, 6.45) is 1.62. The van der Waals surface area contributed by atoms with Crippen LogP contribution in [0.3, 0.4) is 0 Å². The van der Waals surface area contributed by atoms with E-state index in [-0.39, 0.29) is 5.91 Å². The molecular weight excluding hydrogens is 90.1 g/mol. The first kappa shape index (κ1) is 4.62. The van der Waals surface area contributed by atoms with Crippen molar-refractivity contribution in [3.63, 3.8) is 0 Å². The molecule has 0 aromatic carbocycles. The van der Waals surface area contributed by atoms with Crippen LogP contribution in [0.5, 0.6) is 0 Å². The number of rotatable bonds is 0. The predicted octanol–water partition coefficient (Wildman–Crippen LogP) is 0.300. The molecule has 1 radical (unpaired) electrons. The lowest BCUT2D eigenvalue weighted by Crippen LogP contribution is -2.12. The number of nitrogens with zero attached hydrogens (tertiary/aromatic N) is 1. The largest absolute Gasteiger partial charge is 0.273 e. The summed E-state index contributed by atoms with van der Waals surface area (Å²) in [7, 11) is 0. The van der Waals surface area contributed by atoms with Gasteiger partial charge in [0.15, 0.2) is 0 Å². The van der Waals surface area contributed by atoms with Gasteiger partial charge in [-0.3, -0.25) is 4.79 Å². The minimum atomic E-state index is 0.0764. The molecule has 0 unspecified atom stereocenters. The van der Waals surface area contributed by atoms with Gasteiger partial charge in [0.05, 0.1) is 6.04 Å². The molecule has 0 saturated carbocycles. The predicted molar refractivity (Wildman–Crippen MR) is 25.8 cm³/mol. The van der Waals surface area contributed by atoms with Gasteiger partial charge in [-0.15, -0.1) is 0 Å². The van der Waals surface area contributed by atoms with Crippen molar-refractivity contribution in [1.82, 2.24) is 5.32 Å². The summed E-state index contributed by atoms with van der Waals surface area (Å²) in [5.74, 6) is 0.0764. The van der Waals surface area contributed by atoms with Crippen LogP contribution in [0.4, 0.5) is 0 Å². The average Bonchev–Trinajstić information content (AvgIpc) is 1.87. The molecule has 0 N–H and O–H groups in total. The zero-order valence-corrected chi connectivity index (χ0v) is 4.35. The van der Waals surface area contributed by atoms with Crippen molar-refractivity contribution in [2.24, 2.45) is 0 Å². The Morgan fingerprint density at radius 1 is 1.86 bits per heavy atom. The molecule has 1 saturated heterocycles. The third kappa shape index (κ3) is 0.918. The highest BCUT2D eigenvalue weighted by atomic mass is 16.1. The Labute approximate surface area is 42.9 Å². The molecule has 2 nitrogen and oxygen atoms in total. The second-order valence-corrected chi connectivity index (χ2v) is 1.91. The van der Waals surface area contributed by atoms with Crippen LogP contribution in [-0.2, 0) is 4.79 Å². The fourth-order valence-electron chi connectivity index (χ4n) is 0.707. The van der Waals surface area contributed by atoms with Gasteiger partial charge in [0.1, 0.15) is 0 Å². The van der Waals surface area contributed by atoms with Gasteiger partial charge in [-0.05, 0) is 13.3 Å². The molecule has 1 aliphatic heterocycles. The first-order chi connectivity index (χ1) is 3.29. The van der Waals surface area contributed by atoms with Gasteiger partial charge in [-0.2, -0.15) is 0 Å². The lowest BCUT2D eigenvalue weighted by molar-refractivity contribution is -0.119. The van der Waals surface area contributed by atoms with E-state index in [2.05, 4.69) is 5.32 Å². The molecule has 0 spiro atoms. The first-order valence-electron chi connectivity index (χ1n) is 2.53.